The van der Waals surface area contributed by atoms with E-state index in [9.17, 15) is 4.79 Å². The van der Waals surface area contributed by atoms with Gasteiger partial charge in [0.25, 0.3) is 5.56 Å². The van der Waals surface area contributed by atoms with Gasteiger partial charge in [-0.05, 0) is 46.3 Å². The van der Waals surface area contributed by atoms with E-state index < -0.39 is 0 Å². The minimum absolute atomic E-state index is 0.0321. The first-order valence-corrected chi connectivity index (χ1v) is 8.41. The Labute approximate surface area is 128 Å². The predicted octanol–water partition coefficient (Wildman–Crippen LogP) is 1.64. The molecule has 1 N–H and O–H groups in total. The topological polar surface area (TPSA) is 49.6 Å². The number of hydrogen-bond acceptors (Lipinski definition) is 5. The number of fused-ring (bicyclic) bond motifs is 1. The molecule has 3 rings (SSSR count). The Morgan fingerprint density at radius 2 is 2.33 bits per heavy atom. The van der Waals surface area contributed by atoms with Gasteiger partial charge in [0.2, 0.25) is 0 Å². The second kappa shape index (κ2) is 6.25. The van der Waals surface area contributed by atoms with Crippen molar-refractivity contribution in [3.63, 3.8) is 0 Å². The second-order valence-corrected chi connectivity index (χ2v) is 6.67. The molecule has 0 amide bonds. The molecule has 1 fully saturated rings. The van der Waals surface area contributed by atoms with Crippen molar-refractivity contribution in [1.82, 2.24) is 19.6 Å². The number of aromatic nitrogens is 2. The van der Waals surface area contributed by atoms with Gasteiger partial charge in [-0.2, -0.15) is 0 Å². The summed E-state index contributed by atoms with van der Waals surface area (Å²) >= 11 is 1.53. The van der Waals surface area contributed by atoms with Gasteiger partial charge >= 0.3 is 0 Å². The highest BCUT2D eigenvalue weighted by Gasteiger charge is 2.18. The predicted molar refractivity (Wildman–Crippen MR) is 86.1 cm³/mol. The third kappa shape index (κ3) is 3.17. The van der Waals surface area contributed by atoms with E-state index in [-0.39, 0.29) is 5.56 Å². The van der Waals surface area contributed by atoms with Crippen LogP contribution in [0.5, 0.6) is 0 Å². The van der Waals surface area contributed by atoms with Gasteiger partial charge in [0.15, 0.2) is 4.96 Å². The number of thiazole rings is 1. The Morgan fingerprint density at radius 1 is 1.48 bits per heavy atom. The van der Waals surface area contributed by atoms with Crippen LogP contribution in [0.4, 0.5) is 0 Å². The van der Waals surface area contributed by atoms with Crippen LogP contribution in [0.2, 0.25) is 0 Å². The van der Waals surface area contributed by atoms with Crippen molar-refractivity contribution in [2.75, 3.05) is 20.1 Å². The quantitative estimate of drug-likeness (QED) is 0.936. The third-order valence-corrected chi connectivity index (χ3v) is 5.15. The third-order valence-electron chi connectivity index (χ3n) is 4.21. The smallest absolute Gasteiger partial charge is 0.259 e. The summed E-state index contributed by atoms with van der Waals surface area (Å²) in [7, 11) is 2.14. The summed E-state index contributed by atoms with van der Waals surface area (Å²) in [5.74, 6) is 0. The highest BCUT2D eigenvalue weighted by Crippen LogP contribution is 2.16. The van der Waals surface area contributed by atoms with E-state index in [0.717, 1.165) is 42.4 Å². The number of nitrogens with one attached hydrogen (secondary N) is 1. The normalized spacial score (nSPS) is 20.0. The number of aryl methyl sites for hydroxylation is 1. The highest BCUT2D eigenvalue weighted by molar-refractivity contribution is 7.15. The van der Waals surface area contributed by atoms with Crippen molar-refractivity contribution in [3.8, 4) is 0 Å². The van der Waals surface area contributed by atoms with Crippen LogP contribution in [0, 0.1) is 6.92 Å². The molecule has 1 atom stereocenters. The molecule has 0 bridgehead atoms. The van der Waals surface area contributed by atoms with Crippen LogP contribution in [-0.2, 0) is 6.54 Å². The molecule has 0 aliphatic carbocycles. The number of hydrogen-bond donors (Lipinski definition) is 1. The van der Waals surface area contributed by atoms with E-state index in [0.29, 0.717) is 6.04 Å². The number of nitrogens with zero attached hydrogens (tertiary/aromatic N) is 3. The molecule has 0 spiro atoms. The zero-order valence-electron chi connectivity index (χ0n) is 12.6. The van der Waals surface area contributed by atoms with Crippen LogP contribution in [-0.4, -0.2) is 40.5 Å². The van der Waals surface area contributed by atoms with Gasteiger partial charge in [0.05, 0.1) is 5.69 Å². The maximum absolute atomic E-state index is 12.2. The lowest BCUT2D eigenvalue weighted by Crippen LogP contribution is -2.32. The molecule has 21 heavy (non-hydrogen) atoms. The fourth-order valence-corrected chi connectivity index (χ4v) is 3.90. The van der Waals surface area contributed by atoms with E-state index in [1.54, 1.807) is 10.5 Å². The molecule has 0 saturated carbocycles. The first kappa shape index (κ1) is 14.7. The van der Waals surface area contributed by atoms with E-state index in [1.807, 2.05) is 12.3 Å². The molecule has 1 aliphatic rings. The van der Waals surface area contributed by atoms with Crippen LogP contribution in [0.15, 0.2) is 16.2 Å². The lowest BCUT2D eigenvalue weighted by Gasteiger charge is -2.26. The zero-order valence-corrected chi connectivity index (χ0v) is 13.4. The van der Waals surface area contributed by atoms with Crippen LogP contribution < -0.4 is 10.9 Å². The Balaban J connectivity index is 1.79. The molecular weight excluding hydrogens is 284 g/mol. The minimum atomic E-state index is 0.0321. The molecule has 0 radical (unpaired) electrons. The number of rotatable bonds is 3. The van der Waals surface area contributed by atoms with Gasteiger partial charge in [0.1, 0.15) is 0 Å². The van der Waals surface area contributed by atoms with E-state index in [4.69, 9.17) is 0 Å². The monoisotopic (exact) mass is 306 g/mol. The maximum atomic E-state index is 12.2. The van der Waals surface area contributed by atoms with Gasteiger partial charge < -0.3 is 5.32 Å². The molecular formula is C15H22N4OS. The SMILES string of the molecule is Cc1csc2nc(CN(C)C3CCCNCC3)cc(=O)n12. The molecule has 1 unspecified atom stereocenters. The van der Waals surface area contributed by atoms with Gasteiger partial charge in [-0.25, -0.2) is 4.98 Å². The molecule has 3 heterocycles. The summed E-state index contributed by atoms with van der Waals surface area (Å²) in [5.41, 5.74) is 1.87. The minimum Gasteiger partial charge on any atom is -0.317 e. The van der Waals surface area contributed by atoms with Crippen LogP contribution in [0.1, 0.15) is 30.7 Å². The van der Waals surface area contributed by atoms with Crippen molar-refractivity contribution >= 4 is 16.3 Å². The Bertz CT molecular complexity index is 670. The average Bonchev–Trinajstić information content (AvgIpc) is 2.66. The lowest BCUT2D eigenvalue weighted by atomic mass is 10.1. The van der Waals surface area contributed by atoms with Gasteiger partial charge in [-0.1, -0.05) is 0 Å². The van der Waals surface area contributed by atoms with Crippen molar-refractivity contribution in [3.05, 3.63) is 33.2 Å². The van der Waals surface area contributed by atoms with Gasteiger partial charge in [0, 0.05) is 29.7 Å². The van der Waals surface area contributed by atoms with Gasteiger partial charge in [-0.15, -0.1) is 11.3 Å². The van der Waals surface area contributed by atoms with E-state index >= 15 is 0 Å². The molecule has 114 valence electrons. The standard InChI is InChI=1S/C15H22N4OS/c1-11-10-21-15-17-12(8-14(20)19(11)15)9-18(2)13-4-3-6-16-7-5-13/h8,10,13,16H,3-7,9H2,1-2H3. The highest BCUT2D eigenvalue weighted by atomic mass is 32.1. The zero-order chi connectivity index (χ0) is 14.8. The summed E-state index contributed by atoms with van der Waals surface area (Å²) in [6.45, 7) is 4.88. The first-order valence-electron chi connectivity index (χ1n) is 7.53. The van der Waals surface area contributed by atoms with Crippen LogP contribution >= 0.6 is 11.3 Å². The summed E-state index contributed by atoms with van der Waals surface area (Å²) < 4.78 is 1.68. The van der Waals surface area contributed by atoms with E-state index in [1.165, 1.54) is 24.2 Å². The fourth-order valence-electron chi connectivity index (χ4n) is 3.01. The Morgan fingerprint density at radius 3 is 3.19 bits per heavy atom. The summed E-state index contributed by atoms with van der Waals surface area (Å²) in [5, 5.41) is 5.42. The molecule has 1 aliphatic heterocycles. The summed E-state index contributed by atoms with van der Waals surface area (Å²) in [6.07, 6.45) is 3.59. The molecule has 1 saturated heterocycles. The fraction of sp³-hybridized carbons (Fsp3) is 0.600. The van der Waals surface area contributed by atoms with Gasteiger partial charge in [-0.3, -0.25) is 14.1 Å². The second-order valence-electron chi connectivity index (χ2n) is 5.83. The van der Waals surface area contributed by atoms with Crippen LogP contribution in [0.3, 0.4) is 0 Å². The summed E-state index contributed by atoms with van der Waals surface area (Å²) in [4.78, 5) is 20.0. The lowest BCUT2D eigenvalue weighted by molar-refractivity contribution is 0.214. The largest absolute Gasteiger partial charge is 0.317 e. The summed E-state index contributed by atoms with van der Waals surface area (Å²) in [6, 6.07) is 2.25. The Kier molecular flexibility index (Phi) is 4.37. The van der Waals surface area contributed by atoms with Crippen LogP contribution in [0.25, 0.3) is 4.96 Å². The van der Waals surface area contributed by atoms with Crippen molar-refractivity contribution in [2.45, 2.75) is 38.8 Å². The van der Waals surface area contributed by atoms with Crippen molar-refractivity contribution in [2.24, 2.45) is 0 Å². The molecule has 5 nitrogen and oxygen atoms in total. The maximum Gasteiger partial charge on any atom is 0.259 e. The molecule has 2 aromatic heterocycles. The first-order chi connectivity index (χ1) is 10.1. The average molecular weight is 306 g/mol. The Hall–Kier alpha value is -1.24. The molecule has 6 heteroatoms. The van der Waals surface area contributed by atoms with Crippen molar-refractivity contribution in [1.29, 1.82) is 0 Å². The molecule has 2 aromatic rings. The molecule has 0 aromatic carbocycles. The van der Waals surface area contributed by atoms with E-state index in [2.05, 4.69) is 22.2 Å². The van der Waals surface area contributed by atoms with Crippen molar-refractivity contribution < 1.29 is 0 Å².